The Bertz CT molecular complexity index is 643. The van der Waals surface area contributed by atoms with Gasteiger partial charge in [0, 0.05) is 12.3 Å². The number of aromatic nitrogens is 3. The van der Waals surface area contributed by atoms with Gasteiger partial charge in [0.15, 0.2) is 0 Å². The molecule has 1 aromatic heterocycles. The Hall–Kier alpha value is -1.75. The van der Waals surface area contributed by atoms with Crippen molar-refractivity contribution in [2.75, 3.05) is 13.1 Å². The number of hydrogen-bond acceptors (Lipinski definition) is 3. The Morgan fingerprint density at radius 2 is 2.00 bits per heavy atom. The lowest BCUT2D eigenvalue weighted by molar-refractivity contribution is 0.439. The summed E-state index contributed by atoms with van der Waals surface area (Å²) in [5, 5.41) is 12.2. The Morgan fingerprint density at radius 3 is 2.85 bits per heavy atom. The maximum Gasteiger partial charge on any atom is 0.140 e. The lowest BCUT2D eigenvalue weighted by Gasteiger charge is -2.25. The molecule has 0 amide bonds. The molecule has 4 nitrogen and oxygen atoms in total. The van der Waals surface area contributed by atoms with Crippen molar-refractivity contribution >= 4 is 0 Å². The Kier molecular flexibility index (Phi) is 2.80. The molecule has 3 heterocycles. The van der Waals surface area contributed by atoms with Crippen LogP contribution >= 0.6 is 0 Å². The fourth-order valence-electron chi connectivity index (χ4n) is 3.32. The third-order valence-electron chi connectivity index (χ3n) is 4.36. The normalized spacial score (nSPS) is 18.6. The van der Waals surface area contributed by atoms with Gasteiger partial charge in [-0.15, -0.1) is 10.2 Å². The van der Waals surface area contributed by atoms with Crippen LogP contribution in [-0.2, 0) is 12.8 Å². The molecule has 0 aliphatic carbocycles. The second-order valence-electron chi connectivity index (χ2n) is 5.61. The van der Waals surface area contributed by atoms with E-state index in [2.05, 4.69) is 20.1 Å². The minimum absolute atomic E-state index is 0.163. The van der Waals surface area contributed by atoms with Crippen molar-refractivity contribution in [2.45, 2.75) is 31.6 Å². The number of hydrogen-bond donors (Lipinski definition) is 1. The SMILES string of the molecule is Fc1ccc2c(c1)CCc1nnc(C3CCNCC3)n1-2. The summed E-state index contributed by atoms with van der Waals surface area (Å²) in [4.78, 5) is 0. The molecule has 1 saturated heterocycles. The molecular formula is C15H17FN4. The first-order valence-electron chi connectivity index (χ1n) is 7.26. The highest BCUT2D eigenvalue weighted by atomic mass is 19.1. The summed E-state index contributed by atoms with van der Waals surface area (Å²) in [7, 11) is 0. The van der Waals surface area contributed by atoms with Gasteiger partial charge in [0.05, 0.1) is 5.69 Å². The molecule has 0 unspecified atom stereocenters. The second-order valence-corrected chi connectivity index (χ2v) is 5.61. The van der Waals surface area contributed by atoms with Gasteiger partial charge < -0.3 is 5.32 Å². The van der Waals surface area contributed by atoms with Gasteiger partial charge in [0.2, 0.25) is 0 Å². The third-order valence-corrected chi connectivity index (χ3v) is 4.36. The highest BCUT2D eigenvalue weighted by Gasteiger charge is 2.27. The molecule has 2 aliphatic rings. The van der Waals surface area contributed by atoms with Crippen molar-refractivity contribution in [2.24, 2.45) is 0 Å². The minimum Gasteiger partial charge on any atom is -0.317 e. The van der Waals surface area contributed by atoms with E-state index in [1.54, 1.807) is 6.07 Å². The molecular weight excluding hydrogens is 255 g/mol. The molecule has 0 atom stereocenters. The molecule has 0 spiro atoms. The number of aryl methyl sites for hydroxylation is 2. The van der Waals surface area contributed by atoms with Gasteiger partial charge >= 0.3 is 0 Å². The number of benzene rings is 1. The zero-order valence-electron chi connectivity index (χ0n) is 11.3. The highest BCUT2D eigenvalue weighted by molar-refractivity contribution is 5.46. The predicted molar refractivity (Wildman–Crippen MR) is 73.6 cm³/mol. The van der Waals surface area contributed by atoms with Crippen molar-refractivity contribution in [1.29, 1.82) is 0 Å². The zero-order valence-corrected chi connectivity index (χ0v) is 11.3. The second kappa shape index (κ2) is 4.66. The van der Waals surface area contributed by atoms with Gasteiger partial charge in [-0.2, -0.15) is 0 Å². The van der Waals surface area contributed by atoms with Crippen molar-refractivity contribution in [1.82, 2.24) is 20.1 Å². The van der Waals surface area contributed by atoms with E-state index in [4.69, 9.17) is 0 Å². The van der Waals surface area contributed by atoms with Crippen molar-refractivity contribution in [3.63, 3.8) is 0 Å². The number of nitrogens with one attached hydrogen (secondary N) is 1. The average Bonchev–Trinajstić information content (AvgIpc) is 2.92. The quantitative estimate of drug-likeness (QED) is 0.863. The molecule has 0 bridgehead atoms. The van der Waals surface area contributed by atoms with Crippen LogP contribution in [-0.4, -0.2) is 27.9 Å². The van der Waals surface area contributed by atoms with Crippen LogP contribution in [0.4, 0.5) is 4.39 Å². The number of rotatable bonds is 1. The molecule has 5 heteroatoms. The third kappa shape index (κ3) is 1.85. The van der Waals surface area contributed by atoms with Gasteiger partial charge in [-0.05, 0) is 56.1 Å². The first-order valence-corrected chi connectivity index (χ1v) is 7.26. The number of halogens is 1. The van der Waals surface area contributed by atoms with Crippen LogP contribution in [0.2, 0.25) is 0 Å². The van der Waals surface area contributed by atoms with E-state index in [9.17, 15) is 4.39 Å². The van der Waals surface area contributed by atoms with Crippen LogP contribution in [0.5, 0.6) is 0 Å². The van der Waals surface area contributed by atoms with E-state index in [-0.39, 0.29) is 5.82 Å². The Balaban J connectivity index is 1.82. The van der Waals surface area contributed by atoms with Crippen molar-refractivity contribution in [3.8, 4) is 5.69 Å². The van der Waals surface area contributed by atoms with Crippen molar-refractivity contribution in [3.05, 3.63) is 41.2 Å². The highest BCUT2D eigenvalue weighted by Crippen LogP contribution is 2.31. The van der Waals surface area contributed by atoms with E-state index >= 15 is 0 Å². The molecule has 2 aliphatic heterocycles. The van der Waals surface area contributed by atoms with E-state index in [1.165, 1.54) is 6.07 Å². The van der Waals surface area contributed by atoms with Crippen molar-refractivity contribution < 1.29 is 4.39 Å². The fourth-order valence-corrected chi connectivity index (χ4v) is 3.32. The summed E-state index contributed by atoms with van der Waals surface area (Å²) < 4.78 is 15.6. The average molecular weight is 272 g/mol. The summed E-state index contributed by atoms with van der Waals surface area (Å²) in [5.74, 6) is 2.35. The summed E-state index contributed by atoms with van der Waals surface area (Å²) in [6.45, 7) is 2.06. The molecule has 1 aromatic carbocycles. The molecule has 1 N–H and O–H groups in total. The molecule has 2 aromatic rings. The first kappa shape index (κ1) is 12.0. The number of piperidine rings is 1. The van der Waals surface area contributed by atoms with Crippen LogP contribution in [0.25, 0.3) is 5.69 Å². The summed E-state index contributed by atoms with van der Waals surface area (Å²) in [6.07, 6.45) is 3.87. The molecule has 4 rings (SSSR count). The maximum absolute atomic E-state index is 13.4. The monoisotopic (exact) mass is 272 g/mol. The summed E-state index contributed by atoms with van der Waals surface area (Å²) >= 11 is 0. The van der Waals surface area contributed by atoms with E-state index < -0.39 is 0 Å². The number of fused-ring (bicyclic) bond motifs is 3. The molecule has 0 saturated carbocycles. The topological polar surface area (TPSA) is 42.7 Å². The molecule has 104 valence electrons. The summed E-state index contributed by atoms with van der Waals surface area (Å²) in [5.41, 5.74) is 2.12. The van der Waals surface area contributed by atoms with Gasteiger partial charge in [0.1, 0.15) is 17.5 Å². The van der Waals surface area contributed by atoms with E-state index in [0.717, 1.165) is 61.7 Å². The fraction of sp³-hybridized carbons (Fsp3) is 0.467. The van der Waals surface area contributed by atoms with Crippen LogP contribution in [0.1, 0.15) is 36.0 Å². The van der Waals surface area contributed by atoms with E-state index in [1.807, 2.05) is 6.07 Å². The smallest absolute Gasteiger partial charge is 0.140 e. The van der Waals surface area contributed by atoms with Crippen LogP contribution in [0, 0.1) is 5.82 Å². The summed E-state index contributed by atoms with van der Waals surface area (Å²) in [6, 6.07) is 5.03. The lowest BCUT2D eigenvalue weighted by Crippen LogP contribution is -2.28. The van der Waals surface area contributed by atoms with Gasteiger partial charge in [-0.1, -0.05) is 0 Å². The van der Waals surface area contributed by atoms with E-state index in [0.29, 0.717) is 5.92 Å². The minimum atomic E-state index is -0.163. The van der Waals surface area contributed by atoms with Gasteiger partial charge in [-0.25, -0.2) is 4.39 Å². The Morgan fingerprint density at radius 1 is 1.15 bits per heavy atom. The predicted octanol–water partition coefficient (Wildman–Crippen LogP) is 1.97. The lowest BCUT2D eigenvalue weighted by atomic mass is 9.96. The van der Waals surface area contributed by atoms with Crippen LogP contribution in [0.15, 0.2) is 18.2 Å². The van der Waals surface area contributed by atoms with Crippen LogP contribution < -0.4 is 5.32 Å². The maximum atomic E-state index is 13.4. The number of nitrogens with zero attached hydrogens (tertiary/aromatic N) is 3. The molecule has 20 heavy (non-hydrogen) atoms. The largest absolute Gasteiger partial charge is 0.317 e. The van der Waals surface area contributed by atoms with Gasteiger partial charge in [-0.3, -0.25) is 4.57 Å². The first-order chi connectivity index (χ1) is 9.83. The van der Waals surface area contributed by atoms with Crippen LogP contribution in [0.3, 0.4) is 0 Å². The standard InChI is InChI=1S/C15H17FN4/c16-12-2-3-13-11(9-12)1-4-14-18-19-15(20(13)14)10-5-7-17-8-6-10/h2-3,9-10,17H,1,4-8H2. The zero-order chi connectivity index (χ0) is 13.5. The molecule has 1 fully saturated rings. The molecule has 0 radical (unpaired) electrons. The van der Waals surface area contributed by atoms with Gasteiger partial charge in [0.25, 0.3) is 0 Å². The Labute approximate surface area is 117 Å².